The molecule has 0 unspecified atom stereocenters. The standard InChI is InChI=1S/C20H24Cl2N2O2S/c21-18-4-3-15(12-19(18)22)13-24-8-5-16(6-9-24)20(25)23-7-11-27-14-17-2-1-10-26-17/h1-4,10,12,16H,5-9,11,13-14H2,(H,23,25). The van der Waals surface area contributed by atoms with Crippen molar-refractivity contribution in [3.63, 3.8) is 0 Å². The molecule has 1 saturated heterocycles. The van der Waals surface area contributed by atoms with Gasteiger partial charge in [-0.3, -0.25) is 9.69 Å². The van der Waals surface area contributed by atoms with Gasteiger partial charge in [0.1, 0.15) is 5.76 Å². The van der Waals surface area contributed by atoms with E-state index in [0.717, 1.165) is 55.3 Å². The molecule has 1 fully saturated rings. The first-order chi connectivity index (χ1) is 13.1. The SMILES string of the molecule is O=C(NCCSCc1ccco1)C1CCN(Cc2ccc(Cl)c(Cl)c2)CC1. The summed E-state index contributed by atoms with van der Waals surface area (Å²) in [6, 6.07) is 9.63. The van der Waals surface area contributed by atoms with Crippen molar-refractivity contribution in [3.05, 3.63) is 58.0 Å². The van der Waals surface area contributed by atoms with Gasteiger partial charge in [0.2, 0.25) is 5.91 Å². The Hall–Kier alpha value is -1.14. The van der Waals surface area contributed by atoms with Crippen LogP contribution in [0.3, 0.4) is 0 Å². The van der Waals surface area contributed by atoms with E-state index in [2.05, 4.69) is 10.2 Å². The average Bonchev–Trinajstić information content (AvgIpc) is 3.18. The van der Waals surface area contributed by atoms with Gasteiger partial charge in [0, 0.05) is 24.8 Å². The van der Waals surface area contributed by atoms with Gasteiger partial charge in [0.25, 0.3) is 0 Å². The van der Waals surface area contributed by atoms with Gasteiger partial charge in [0.05, 0.1) is 22.1 Å². The zero-order valence-electron chi connectivity index (χ0n) is 15.1. The number of hydrogen-bond acceptors (Lipinski definition) is 4. The minimum atomic E-state index is 0.116. The summed E-state index contributed by atoms with van der Waals surface area (Å²) in [6.07, 6.45) is 3.48. The van der Waals surface area contributed by atoms with E-state index in [9.17, 15) is 4.79 Å². The van der Waals surface area contributed by atoms with Gasteiger partial charge in [-0.05, 0) is 55.8 Å². The molecule has 0 aliphatic carbocycles. The van der Waals surface area contributed by atoms with Crippen LogP contribution in [0.1, 0.15) is 24.2 Å². The third-order valence-corrected chi connectivity index (χ3v) is 6.44. The molecule has 27 heavy (non-hydrogen) atoms. The molecule has 4 nitrogen and oxygen atoms in total. The maximum absolute atomic E-state index is 12.3. The van der Waals surface area contributed by atoms with E-state index < -0.39 is 0 Å². The summed E-state index contributed by atoms with van der Waals surface area (Å²) in [5, 5.41) is 4.24. The molecule has 2 heterocycles. The van der Waals surface area contributed by atoms with E-state index in [4.69, 9.17) is 27.6 Å². The number of rotatable bonds is 8. The smallest absolute Gasteiger partial charge is 0.223 e. The minimum Gasteiger partial charge on any atom is -0.468 e. The fraction of sp³-hybridized carbons (Fsp3) is 0.450. The number of thioether (sulfide) groups is 1. The van der Waals surface area contributed by atoms with Gasteiger partial charge >= 0.3 is 0 Å². The van der Waals surface area contributed by atoms with Gasteiger partial charge in [-0.1, -0.05) is 29.3 Å². The second-order valence-corrected chi connectivity index (χ2v) is 8.64. The Morgan fingerprint density at radius 1 is 1.22 bits per heavy atom. The number of carbonyl (C=O) groups excluding carboxylic acids is 1. The largest absolute Gasteiger partial charge is 0.468 e. The fourth-order valence-electron chi connectivity index (χ4n) is 3.21. The maximum atomic E-state index is 12.3. The summed E-state index contributed by atoms with van der Waals surface area (Å²) in [4.78, 5) is 14.7. The molecule has 1 aliphatic heterocycles. The van der Waals surface area contributed by atoms with E-state index in [1.807, 2.05) is 30.3 Å². The number of nitrogens with one attached hydrogen (secondary N) is 1. The number of carbonyl (C=O) groups is 1. The molecule has 1 aromatic carbocycles. The molecule has 1 aliphatic rings. The quantitative estimate of drug-likeness (QED) is 0.612. The Labute approximate surface area is 174 Å². The van der Waals surface area contributed by atoms with Crippen LogP contribution in [0.2, 0.25) is 10.0 Å². The molecule has 0 spiro atoms. The lowest BCUT2D eigenvalue weighted by Crippen LogP contribution is -2.40. The van der Waals surface area contributed by atoms with Crippen molar-refractivity contribution >= 4 is 40.9 Å². The van der Waals surface area contributed by atoms with Crippen molar-refractivity contribution in [1.29, 1.82) is 0 Å². The first-order valence-electron chi connectivity index (χ1n) is 9.16. The van der Waals surface area contributed by atoms with Crippen molar-refractivity contribution in [2.24, 2.45) is 5.92 Å². The molecule has 1 amide bonds. The molecule has 2 aromatic rings. The fourth-order valence-corrected chi connectivity index (χ4v) is 4.28. The number of furan rings is 1. The van der Waals surface area contributed by atoms with Crippen LogP contribution < -0.4 is 5.32 Å². The Balaban J connectivity index is 1.32. The van der Waals surface area contributed by atoms with Crippen LogP contribution in [0, 0.1) is 5.92 Å². The summed E-state index contributed by atoms with van der Waals surface area (Å²) in [5.74, 6) is 3.01. The summed E-state index contributed by atoms with van der Waals surface area (Å²) in [7, 11) is 0. The van der Waals surface area contributed by atoms with E-state index >= 15 is 0 Å². The van der Waals surface area contributed by atoms with E-state index in [-0.39, 0.29) is 11.8 Å². The highest BCUT2D eigenvalue weighted by Gasteiger charge is 2.24. The van der Waals surface area contributed by atoms with Crippen LogP contribution in [-0.4, -0.2) is 36.2 Å². The zero-order valence-corrected chi connectivity index (χ0v) is 17.5. The number of likely N-dealkylation sites (tertiary alicyclic amines) is 1. The first kappa shape index (κ1) is 20.6. The van der Waals surface area contributed by atoms with Crippen molar-refractivity contribution in [3.8, 4) is 0 Å². The third-order valence-electron chi connectivity index (χ3n) is 4.72. The first-order valence-corrected chi connectivity index (χ1v) is 11.1. The summed E-state index contributed by atoms with van der Waals surface area (Å²) >= 11 is 13.8. The molecule has 3 rings (SSSR count). The monoisotopic (exact) mass is 426 g/mol. The van der Waals surface area contributed by atoms with Crippen LogP contribution in [0.15, 0.2) is 41.0 Å². The van der Waals surface area contributed by atoms with Crippen LogP contribution >= 0.6 is 35.0 Å². The van der Waals surface area contributed by atoms with Gasteiger partial charge in [-0.15, -0.1) is 0 Å². The lowest BCUT2D eigenvalue weighted by molar-refractivity contribution is -0.126. The third kappa shape index (κ3) is 6.46. The van der Waals surface area contributed by atoms with E-state index in [1.54, 1.807) is 18.0 Å². The number of nitrogens with zero attached hydrogens (tertiary/aromatic N) is 1. The summed E-state index contributed by atoms with van der Waals surface area (Å²) < 4.78 is 5.29. The van der Waals surface area contributed by atoms with E-state index in [1.165, 1.54) is 0 Å². The lowest BCUT2D eigenvalue weighted by atomic mass is 9.95. The number of benzene rings is 1. The Morgan fingerprint density at radius 3 is 2.74 bits per heavy atom. The molecule has 146 valence electrons. The van der Waals surface area contributed by atoms with Gasteiger partial charge in [-0.2, -0.15) is 11.8 Å². The molecule has 1 aromatic heterocycles. The van der Waals surface area contributed by atoms with Crippen molar-refractivity contribution in [1.82, 2.24) is 10.2 Å². The second-order valence-electron chi connectivity index (χ2n) is 6.72. The summed E-state index contributed by atoms with van der Waals surface area (Å²) in [5.41, 5.74) is 1.15. The molecule has 7 heteroatoms. The van der Waals surface area contributed by atoms with Gasteiger partial charge in [-0.25, -0.2) is 0 Å². The number of halogens is 2. The van der Waals surface area contributed by atoms with Crippen LogP contribution in [0.4, 0.5) is 0 Å². The van der Waals surface area contributed by atoms with E-state index in [0.29, 0.717) is 16.6 Å². The average molecular weight is 427 g/mol. The Kier molecular flexibility index (Phi) is 7.94. The Morgan fingerprint density at radius 2 is 2.04 bits per heavy atom. The van der Waals surface area contributed by atoms with Crippen molar-refractivity contribution < 1.29 is 9.21 Å². The van der Waals surface area contributed by atoms with Crippen LogP contribution in [-0.2, 0) is 17.1 Å². The number of piperidine rings is 1. The second kappa shape index (κ2) is 10.4. The molecule has 1 N–H and O–H groups in total. The predicted octanol–water partition coefficient (Wildman–Crippen LogP) is 4.85. The highest BCUT2D eigenvalue weighted by molar-refractivity contribution is 7.98. The van der Waals surface area contributed by atoms with Crippen LogP contribution in [0.25, 0.3) is 0 Å². The molecular formula is C20H24Cl2N2O2S. The Bertz CT molecular complexity index is 732. The van der Waals surface area contributed by atoms with Crippen molar-refractivity contribution in [2.45, 2.75) is 25.1 Å². The lowest BCUT2D eigenvalue weighted by Gasteiger charge is -2.31. The maximum Gasteiger partial charge on any atom is 0.223 e. The number of hydrogen-bond donors (Lipinski definition) is 1. The van der Waals surface area contributed by atoms with Gasteiger partial charge < -0.3 is 9.73 Å². The molecule has 0 atom stereocenters. The molecule has 0 saturated carbocycles. The predicted molar refractivity (Wildman–Crippen MR) is 112 cm³/mol. The molecule has 0 radical (unpaired) electrons. The highest BCUT2D eigenvalue weighted by Crippen LogP contribution is 2.25. The highest BCUT2D eigenvalue weighted by atomic mass is 35.5. The molecule has 0 bridgehead atoms. The van der Waals surface area contributed by atoms with Crippen LogP contribution in [0.5, 0.6) is 0 Å². The normalized spacial score (nSPS) is 15.8. The molecular weight excluding hydrogens is 403 g/mol. The minimum absolute atomic E-state index is 0.116. The van der Waals surface area contributed by atoms with Crippen molar-refractivity contribution in [2.75, 3.05) is 25.4 Å². The number of amides is 1. The summed E-state index contributed by atoms with van der Waals surface area (Å²) in [6.45, 7) is 3.39. The topological polar surface area (TPSA) is 45.5 Å². The van der Waals surface area contributed by atoms with Gasteiger partial charge in [0.15, 0.2) is 0 Å². The zero-order chi connectivity index (χ0) is 19.1.